The molecule has 3 aromatic rings. The van der Waals surface area contributed by atoms with E-state index in [0.29, 0.717) is 21.0 Å². The summed E-state index contributed by atoms with van der Waals surface area (Å²) in [5.41, 5.74) is 1.41. The van der Waals surface area contributed by atoms with Gasteiger partial charge in [-0.3, -0.25) is 4.98 Å². The minimum absolute atomic E-state index is 0.564. The van der Waals surface area contributed by atoms with Gasteiger partial charge in [-0.2, -0.15) is 0 Å². The molecule has 2 aromatic heterocycles. The summed E-state index contributed by atoms with van der Waals surface area (Å²) in [6.07, 6.45) is 3.25. The first kappa shape index (κ1) is 10.5. The third kappa shape index (κ3) is 1.85. The minimum atomic E-state index is 0.564. The van der Waals surface area contributed by atoms with Crippen LogP contribution >= 0.6 is 23.8 Å². The molecule has 0 unspecified atom stereocenters. The molecule has 84 valence electrons. The van der Waals surface area contributed by atoms with Crippen LogP contribution in [0.2, 0.25) is 5.02 Å². The molecule has 0 aliphatic heterocycles. The van der Waals surface area contributed by atoms with Crippen LogP contribution in [0.15, 0.2) is 41.1 Å². The summed E-state index contributed by atoms with van der Waals surface area (Å²) in [6.45, 7) is 0. The lowest BCUT2D eigenvalue weighted by Crippen LogP contribution is -1.83. The molecule has 0 atom stereocenters. The topological polar surface area (TPSA) is 41.8 Å². The summed E-state index contributed by atoms with van der Waals surface area (Å²) < 4.78 is 6.25. The highest BCUT2D eigenvalue weighted by molar-refractivity contribution is 7.71. The Bertz CT molecular complexity index is 747. The monoisotopic (exact) mass is 262 g/mol. The lowest BCUT2D eigenvalue weighted by atomic mass is 10.2. The van der Waals surface area contributed by atoms with Gasteiger partial charge in [0.15, 0.2) is 11.3 Å². The van der Waals surface area contributed by atoms with Crippen LogP contribution in [0.1, 0.15) is 0 Å². The van der Waals surface area contributed by atoms with Gasteiger partial charge in [0.25, 0.3) is 0 Å². The molecule has 0 aliphatic carbocycles. The van der Waals surface area contributed by atoms with Gasteiger partial charge in [-0.15, -0.1) is 0 Å². The van der Waals surface area contributed by atoms with Gasteiger partial charge in [-0.1, -0.05) is 36.0 Å². The summed E-state index contributed by atoms with van der Waals surface area (Å²) in [4.78, 5) is 7.04. The lowest BCUT2D eigenvalue weighted by molar-refractivity contribution is 0.628. The molecule has 1 aromatic carbocycles. The predicted molar refractivity (Wildman–Crippen MR) is 69.6 cm³/mol. The Morgan fingerprint density at radius 3 is 2.94 bits per heavy atom. The first-order valence-corrected chi connectivity index (χ1v) is 5.75. The van der Waals surface area contributed by atoms with E-state index in [1.807, 2.05) is 18.2 Å². The fourth-order valence-corrected chi connectivity index (χ4v) is 2.05. The van der Waals surface area contributed by atoms with E-state index in [-0.39, 0.29) is 0 Å². The van der Waals surface area contributed by atoms with Crippen LogP contribution in [0.4, 0.5) is 0 Å². The van der Waals surface area contributed by atoms with E-state index in [1.54, 1.807) is 18.5 Å². The predicted octanol–water partition coefficient (Wildman–Crippen LogP) is 4.21. The van der Waals surface area contributed by atoms with Gasteiger partial charge in [0.1, 0.15) is 10.3 Å². The highest BCUT2D eigenvalue weighted by atomic mass is 35.5. The number of furan rings is 1. The number of fused-ring (bicyclic) bond motifs is 1. The Morgan fingerprint density at radius 2 is 2.18 bits per heavy atom. The van der Waals surface area contributed by atoms with E-state index >= 15 is 0 Å². The van der Waals surface area contributed by atoms with Crippen LogP contribution in [0.3, 0.4) is 0 Å². The van der Waals surface area contributed by atoms with E-state index in [4.69, 9.17) is 28.2 Å². The molecule has 17 heavy (non-hydrogen) atoms. The second-order valence-corrected chi connectivity index (χ2v) is 4.43. The Morgan fingerprint density at radius 1 is 1.29 bits per heavy atom. The number of rotatable bonds is 1. The van der Waals surface area contributed by atoms with Crippen molar-refractivity contribution in [1.29, 1.82) is 0 Å². The quantitative estimate of drug-likeness (QED) is 0.668. The van der Waals surface area contributed by atoms with Crippen molar-refractivity contribution in [1.82, 2.24) is 9.97 Å². The molecule has 0 radical (unpaired) electrons. The van der Waals surface area contributed by atoms with Crippen molar-refractivity contribution in [2.45, 2.75) is 0 Å². The number of nitrogens with one attached hydrogen (secondary N) is 1. The molecule has 3 rings (SSSR count). The Kier molecular flexibility index (Phi) is 2.46. The number of nitrogens with zero attached hydrogens (tertiary/aromatic N) is 1. The van der Waals surface area contributed by atoms with Gasteiger partial charge in [0.05, 0.1) is 17.4 Å². The van der Waals surface area contributed by atoms with E-state index in [1.165, 1.54) is 0 Å². The van der Waals surface area contributed by atoms with Crippen molar-refractivity contribution in [3.05, 3.63) is 46.3 Å². The van der Waals surface area contributed by atoms with Crippen molar-refractivity contribution < 1.29 is 4.42 Å². The fraction of sp³-hybridized carbons (Fsp3) is 0. The van der Waals surface area contributed by atoms with E-state index in [9.17, 15) is 0 Å². The number of halogens is 1. The maximum atomic E-state index is 6.05. The Labute approximate surface area is 107 Å². The molecule has 3 nitrogen and oxygen atoms in total. The number of benzene rings is 1. The third-order valence-electron chi connectivity index (χ3n) is 2.41. The first-order chi connectivity index (χ1) is 8.24. The standard InChI is InChI=1S/C12H7ClN2OS/c13-8-3-1-2-7-4-10(16-12(7)8)9-5-14-6-11(17)15-9/h1-6H,(H,15,17). The number of aromatic nitrogens is 2. The zero-order chi connectivity index (χ0) is 11.8. The molecular formula is C12H7ClN2OS. The second kappa shape index (κ2) is 3.98. The normalized spacial score (nSPS) is 10.9. The van der Waals surface area contributed by atoms with Crippen LogP contribution in [0.25, 0.3) is 22.4 Å². The van der Waals surface area contributed by atoms with Crippen LogP contribution < -0.4 is 0 Å². The first-order valence-electron chi connectivity index (χ1n) is 4.97. The van der Waals surface area contributed by atoms with Crippen molar-refractivity contribution in [2.75, 3.05) is 0 Å². The van der Waals surface area contributed by atoms with Crippen molar-refractivity contribution in [3.63, 3.8) is 0 Å². The van der Waals surface area contributed by atoms with Crippen molar-refractivity contribution in [3.8, 4) is 11.5 Å². The summed E-state index contributed by atoms with van der Waals surface area (Å²) in [6, 6.07) is 7.53. The van der Waals surface area contributed by atoms with E-state index < -0.39 is 0 Å². The largest absolute Gasteiger partial charge is 0.453 e. The molecule has 0 fully saturated rings. The number of hydrogen-bond donors (Lipinski definition) is 1. The molecule has 5 heteroatoms. The zero-order valence-corrected chi connectivity index (χ0v) is 10.2. The third-order valence-corrected chi connectivity index (χ3v) is 2.92. The van der Waals surface area contributed by atoms with Gasteiger partial charge in [-0.25, -0.2) is 0 Å². The highest BCUT2D eigenvalue weighted by Crippen LogP contribution is 2.30. The number of para-hydroxylation sites is 1. The Balaban J connectivity index is 2.25. The highest BCUT2D eigenvalue weighted by Gasteiger charge is 2.08. The molecule has 2 heterocycles. The fourth-order valence-electron chi connectivity index (χ4n) is 1.66. The van der Waals surface area contributed by atoms with Crippen molar-refractivity contribution in [2.24, 2.45) is 0 Å². The Hall–Kier alpha value is -1.65. The molecule has 0 spiro atoms. The molecule has 0 saturated heterocycles. The molecule has 0 saturated carbocycles. The van der Waals surface area contributed by atoms with Crippen LogP contribution in [-0.2, 0) is 0 Å². The second-order valence-electron chi connectivity index (χ2n) is 3.58. The minimum Gasteiger partial charge on any atom is -0.453 e. The van der Waals surface area contributed by atoms with E-state index in [2.05, 4.69) is 9.97 Å². The molecule has 0 amide bonds. The average molecular weight is 263 g/mol. The smallest absolute Gasteiger partial charge is 0.153 e. The summed E-state index contributed by atoms with van der Waals surface area (Å²) in [5.74, 6) is 0.673. The van der Waals surface area contributed by atoms with Crippen molar-refractivity contribution >= 4 is 34.8 Å². The van der Waals surface area contributed by atoms with Gasteiger partial charge in [0, 0.05) is 5.39 Å². The molecule has 1 N–H and O–H groups in total. The molecule has 0 aliphatic rings. The summed E-state index contributed by atoms with van der Waals surface area (Å²) >= 11 is 11.1. The number of H-pyrrole nitrogens is 1. The molecular weight excluding hydrogens is 256 g/mol. The van der Waals surface area contributed by atoms with Crippen LogP contribution in [0.5, 0.6) is 0 Å². The summed E-state index contributed by atoms with van der Waals surface area (Å²) in [7, 11) is 0. The SMILES string of the molecule is S=c1cncc(-c2cc3cccc(Cl)c3o2)[nH]1. The van der Waals surface area contributed by atoms with E-state index in [0.717, 1.165) is 11.1 Å². The maximum absolute atomic E-state index is 6.05. The zero-order valence-electron chi connectivity index (χ0n) is 8.61. The average Bonchev–Trinajstić information content (AvgIpc) is 2.74. The van der Waals surface area contributed by atoms with Gasteiger partial charge in [0.2, 0.25) is 0 Å². The van der Waals surface area contributed by atoms with Gasteiger partial charge < -0.3 is 9.40 Å². The van der Waals surface area contributed by atoms with Gasteiger partial charge in [-0.05, 0) is 12.1 Å². The molecule has 0 bridgehead atoms. The maximum Gasteiger partial charge on any atom is 0.153 e. The van der Waals surface area contributed by atoms with Crippen LogP contribution in [0, 0.1) is 4.64 Å². The number of aromatic amines is 1. The van der Waals surface area contributed by atoms with Crippen LogP contribution in [-0.4, -0.2) is 9.97 Å². The lowest BCUT2D eigenvalue weighted by Gasteiger charge is -1.95. The number of hydrogen-bond acceptors (Lipinski definition) is 3. The summed E-state index contributed by atoms with van der Waals surface area (Å²) in [5, 5.41) is 1.55. The van der Waals surface area contributed by atoms with Gasteiger partial charge >= 0.3 is 0 Å².